The third kappa shape index (κ3) is 1.82. The maximum absolute atomic E-state index is 11.9. The first kappa shape index (κ1) is 11.1. The SMILES string of the molecule is CP=CN1CNC(=O)C12CCN(C)CC2. The van der Waals surface area contributed by atoms with Crippen LogP contribution in [0.5, 0.6) is 0 Å². The number of carbonyl (C=O) groups is 1. The van der Waals surface area contributed by atoms with Crippen LogP contribution >= 0.6 is 8.20 Å². The molecule has 1 spiro atoms. The van der Waals surface area contributed by atoms with Crippen molar-refractivity contribution in [2.24, 2.45) is 0 Å². The Balaban J connectivity index is 2.18. The van der Waals surface area contributed by atoms with Gasteiger partial charge in [-0.05, 0) is 26.6 Å². The van der Waals surface area contributed by atoms with E-state index in [0.717, 1.165) is 25.9 Å². The highest BCUT2D eigenvalue weighted by molar-refractivity contribution is 7.37. The summed E-state index contributed by atoms with van der Waals surface area (Å²) in [6.07, 6.45) is 1.89. The molecule has 2 aliphatic rings. The molecule has 15 heavy (non-hydrogen) atoms. The molecule has 0 saturated carbocycles. The average molecular weight is 227 g/mol. The lowest BCUT2D eigenvalue weighted by Gasteiger charge is -2.39. The summed E-state index contributed by atoms with van der Waals surface area (Å²) in [5.74, 6) is 2.35. The van der Waals surface area contributed by atoms with Gasteiger partial charge in [-0.2, -0.15) is 0 Å². The number of amides is 1. The molecule has 4 nitrogen and oxygen atoms in total. The van der Waals surface area contributed by atoms with Gasteiger partial charge in [0.15, 0.2) is 0 Å². The second kappa shape index (κ2) is 4.20. The summed E-state index contributed by atoms with van der Waals surface area (Å²) >= 11 is 0. The summed E-state index contributed by atoms with van der Waals surface area (Å²) in [4.78, 5) is 16.4. The molecule has 0 aromatic carbocycles. The van der Waals surface area contributed by atoms with Gasteiger partial charge in [-0.1, -0.05) is 8.20 Å². The Morgan fingerprint density at radius 3 is 2.73 bits per heavy atom. The molecule has 2 heterocycles. The quantitative estimate of drug-likeness (QED) is 0.649. The van der Waals surface area contributed by atoms with Crippen molar-refractivity contribution >= 4 is 20.0 Å². The molecule has 0 radical (unpaired) electrons. The van der Waals surface area contributed by atoms with Crippen molar-refractivity contribution in [2.45, 2.75) is 18.4 Å². The van der Waals surface area contributed by atoms with E-state index in [1.54, 1.807) is 0 Å². The fourth-order valence-corrected chi connectivity index (χ4v) is 2.98. The summed E-state index contributed by atoms with van der Waals surface area (Å²) in [7, 11) is 3.33. The van der Waals surface area contributed by atoms with E-state index < -0.39 is 0 Å². The van der Waals surface area contributed by atoms with E-state index in [0.29, 0.717) is 6.67 Å². The van der Waals surface area contributed by atoms with Gasteiger partial charge in [0.2, 0.25) is 5.91 Å². The standard InChI is InChI=1S/C10H18N3OP/c1-12-5-3-10(4-6-12)9(14)11-7-13(10)8-15-2/h8H,3-7H2,1-2H3,(H,11,14). The van der Waals surface area contributed by atoms with Crippen LogP contribution in [0.1, 0.15) is 12.8 Å². The van der Waals surface area contributed by atoms with Crippen LogP contribution in [0.4, 0.5) is 0 Å². The van der Waals surface area contributed by atoms with E-state index in [1.165, 1.54) is 8.20 Å². The predicted octanol–water partition coefficient (Wildman–Crippen LogP) is 0.176. The minimum Gasteiger partial charge on any atom is -0.341 e. The molecule has 0 aromatic heterocycles. The minimum atomic E-state index is -0.241. The first-order valence-electron chi connectivity index (χ1n) is 5.35. The molecule has 0 aliphatic carbocycles. The fourth-order valence-electron chi connectivity index (χ4n) is 2.40. The van der Waals surface area contributed by atoms with Gasteiger partial charge in [0, 0.05) is 19.0 Å². The average Bonchev–Trinajstić information content (AvgIpc) is 2.52. The van der Waals surface area contributed by atoms with E-state index in [2.05, 4.69) is 34.7 Å². The Kier molecular flexibility index (Phi) is 3.10. The number of hydrogen-bond donors (Lipinski definition) is 1. The van der Waals surface area contributed by atoms with Gasteiger partial charge >= 0.3 is 0 Å². The van der Waals surface area contributed by atoms with Crippen LogP contribution in [0.25, 0.3) is 0 Å². The van der Waals surface area contributed by atoms with Gasteiger partial charge < -0.3 is 10.2 Å². The smallest absolute Gasteiger partial charge is 0.242 e. The third-order valence-electron chi connectivity index (χ3n) is 3.45. The first-order valence-corrected chi connectivity index (χ1v) is 6.76. The van der Waals surface area contributed by atoms with Crippen LogP contribution in [0, 0.1) is 0 Å². The van der Waals surface area contributed by atoms with Gasteiger partial charge in [0.1, 0.15) is 5.54 Å². The van der Waals surface area contributed by atoms with Crippen LogP contribution in [0.2, 0.25) is 0 Å². The third-order valence-corrected chi connectivity index (χ3v) is 3.96. The van der Waals surface area contributed by atoms with Crippen molar-refractivity contribution in [2.75, 3.05) is 33.5 Å². The molecular formula is C10H18N3OP. The second-order valence-corrected chi connectivity index (χ2v) is 5.09. The molecule has 1 amide bonds. The van der Waals surface area contributed by atoms with Gasteiger partial charge in [0.25, 0.3) is 0 Å². The van der Waals surface area contributed by atoms with Gasteiger partial charge in [-0.15, -0.1) is 0 Å². The van der Waals surface area contributed by atoms with Crippen molar-refractivity contribution in [3.05, 3.63) is 0 Å². The molecule has 2 fully saturated rings. The Labute approximate surface area is 92.4 Å². The van der Waals surface area contributed by atoms with E-state index in [1.807, 2.05) is 0 Å². The minimum absolute atomic E-state index is 0.218. The monoisotopic (exact) mass is 227 g/mol. The Bertz CT molecular complexity index is 284. The normalized spacial score (nSPS) is 27.7. The number of nitrogens with one attached hydrogen (secondary N) is 1. The largest absolute Gasteiger partial charge is 0.341 e. The van der Waals surface area contributed by atoms with Crippen LogP contribution < -0.4 is 5.32 Å². The number of carbonyl (C=O) groups excluding carboxylic acids is 1. The number of piperidine rings is 1. The van der Waals surface area contributed by atoms with E-state index in [9.17, 15) is 4.79 Å². The predicted molar refractivity (Wildman–Crippen MR) is 63.2 cm³/mol. The summed E-state index contributed by atoms with van der Waals surface area (Å²) in [6.45, 7) is 4.80. The fraction of sp³-hybridized carbons (Fsp3) is 0.800. The number of rotatable bonds is 1. The van der Waals surface area contributed by atoms with Crippen molar-refractivity contribution in [1.29, 1.82) is 0 Å². The highest BCUT2D eigenvalue weighted by Gasteiger charge is 2.48. The second-order valence-electron chi connectivity index (χ2n) is 4.34. The molecule has 84 valence electrons. The van der Waals surface area contributed by atoms with Crippen molar-refractivity contribution < 1.29 is 4.79 Å². The topological polar surface area (TPSA) is 35.6 Å². The van der Waals surface area contributed by atoms with Crippen LogP contribution in [0.3, 0.4) is 0 Å². The van der Waals surface area contributed by atoms with Crippen molar-refractivity contribution in [3.8, 4) is 0 Å². The lowest BCUT2D eigenvalue weighted by Crippen LogP contribution is -2.54. The van der Waals surface area contributed by atoms with E-state index in [4.69, 9.17) is 0 Å². The van der Waals surface area contributed by atoms with E-state index in [-0.39, 0.29) is 11.4 Å². The summed E-state index contributed by atoms with van der Waals surface area (Å²) in [6, 6.07) is 0. The van der Waals surface area contributed by atoms with Crippen LogP contribution in [0.15, 0.2) is 0 Å². The summed E-state index contributed by atoms with van der Waals surface area (Å²) in [5, 5.41) is 2.96. The summed E-state index contributed by atoms with van der Waals surface area (Å²) in [5.41, 5.74) is -0.241. The number of hydrogen-bond acceptors (Lipinski definition) is 2. The highest BCUT2D eigenvalue weighted by Crippen LogP contribution is 2.31. The molecule has 2 rings (SSSR count). The molecule has 2 aliphatic heterocycles. The maximum Gasteiger partial charge on any atom is 0.242 e. The maximum atomic E-state index is 11.9. The van der Waals surface area contributed by atoms with Gasteiger partial charge in [-0.3, -0.25) is 4.79 Å². The first-order chi connectivity index (χ1) is 7.19. The molecule has 2 saturated heterocycles. The van der Waals surface area contributed by atoms with Crippen molar-refractivity contribution in [3.63, 3.8) is 0 Å². The van der Waals surface area contributed by atoms with Gasteiger partial charge in [-0.25, -0.2) is 4.90 Å². The molecule has 5 heteroatoms. The Morgan fingerprint density at radius 1 is 1.47 bits per heavy atom. The molecule has 0 atom stereocenters. The van der Waals surface area contributed by atoms with Crippen LogP contribution in [-0.2, 0) is 4.79 Å². The summed E-state index contributed by atoms with van der Waals surface area (Å²) < 4.78 is 0. The molecule has 0 bridgehead atoms. The number of likely N-dealkylation sites (tertiary alicyclic amines) is 1. The zero-order chi connectivity index (χ0) is 10.9. The number of nitrogens with zero attached hydrogens (tertiary/aromatic N) is 2. The molecule has 0 aromatic rings. The van der Waals surface area contributed by atoms with Crippen molar-refractivity contribution in [1.82, 2.24) is 15.1 Å². The molecule has 0 unspecified atom stereocenters. The Hall–Kier alpha value is -0.440. The van der Waals surface area contributed by atoms with E-state index >= 15 is 0 Å². The van der Waals surface area contributed by atoms with Crippen LogP contribution in [-0.4, -0.2) is 60.6 Å². The Morgan fingerprint density at radius 2 is 2.13 bits per heavy atom. The highest BCUT2D eigenvalue weighted by atomic mass is 31.1. The lowest BCUT2D eigenvalue weighted by molar-refractivity contribution is -0.127. The molecule has 1 N–H and O–H groups in total. The van der Waals surface area contributed by atoms with Gasteiger partial charge in [0.05, 0.1) is 6.67 Å². The zero-order valence-corrected chi connectivity index (χ0v) is 10.3. The lowest BCUT2D eigenvalue weighted by atomic mass is 9.87. The molecular weight excluding hydrogens is 209 g/mol. The zero-order valence-electron chi connectivity index (χ0n) is 9.36.